The highest BCUT2D eigenvalue weighted by Crippen LogP contribution is 2.30. The molecule has 1 aromatic rings. The maximum atomic E-state index is 4.83. The molecule has 1 fully saturated rings. The molecule has 0 aromatic carbocycles. The third-order valence-corrected chi connectivity index (χ3v) is 4.35. The molecule has 0 spiro atoms. The lowest BCUT2D eigenvalue weighted by Crippen LogP contribution is -2.35. The van der Waals surface area contributed by atoms with Crippen molar-refractivity contribution < 1.29 is 0 Å². The van der Waals surface area contributed by atoms with Crippen LogP contribution in [0.5, 0.6) is 0 Å². The highest BCUT2D eigenvalue weighted by molar-refractivity contribution is 5.58. The Kier molecular flexibility index (Phi) is 4.84. The molecule has 0 amide bonds. The summed E-state index contributed by atoms with van der Waals surface area (Å²) in [6.07, 6.45) is 6.63. The first-order valence-electron chi connectivity index (χ1n) is 7.83. The number of aromatic nitrogens is 2. The fraction of sp³-hybridized carbons (Fsp3) is 0.750. The molecule has 0 aliphatic heterocycles. The maximum Gasteiger partial charge on any atom is 0.137 e. The minimum atomic E-state index is 0.348. The molecule has 0 saturated heterocycles. The van der Waals surface area contributed by atoms with Crippen LogP contribution < -0.4 is 10.2 Å². The maximum absolute atomic E-state index is 4.83. The van der Waals surface area contributed by atoms with Crippen LogP contribution in [0.25, 0.3) is 0 Å². The molecule has 1 aliphatic rings. The van der Waals surface area contributed by atoms with Crippen molar-refractivity contribution in [3.8, 4) is 0 Å². The predicted octanol–water partition coefficient (Wildman–Crippen LogP) is 3.72. The Hall–Kier alpha value is -1.32. The summed E-state index contributed by atoms with van der Waals surface area (Å²) in [5, 5.41) is 3.21. The lowest BCUT2D eigenvalue weighted by molar-refractivity contribution is 0.425. The van der Waals surface area contributed by atoms with E-state index in [-0.39, 0.29) is 0 Å². The number of nitrogens with one attached hydrogen (secondary N) is 1. The number of nitrogens with zero attached hydrogens (tertiary/aromatic N) is 3. The fourth-order valence-corrected chi connectivity index (χ4v) is 3.01. The van der Waals surface area contributed by atoms with Crippen molar-refractivity contribution in [2.24, 2.45) is 0 Å². The van der Waals surface area contributed by atoms with Crippen molar-refractivity contribution in [2.75, 3.05) is 24.3 Å². The molecule has 1 aliphatic carbocycles. The van der Waals surface area contributed by atoms with Gasteiger partial charge in [-0.25, -0.2) is 9.97 Å². The Bertz CT molecular complexity index is 450. The summed E-state index contributed by atoms with van der Waals surface area (Å²) in [5.41, 5.74) is 1.16. The molecule has 1 saturated carbocycles. The summed E-state index contributed by atoms with van der Waals surface area (Å²) in [7, 11) is 4.12. The van der Waals surface area contributed by atoms with Crippen molar-refractivity contribution in [3.05, 3.63) is 11.4 Å². The number of anilines is 2. The Morgan fingerprint density at radius 2 is 1.80 bits per heavy atom. The van der Waals surface area contributed by atoms with Crippen molar-refractivity contribution in [2.45, 2.75) is 64.8 Å². The van der Waals surface area contributed by atoms with Crippen molar-refractivity contribution in [1.82, 2.24) is 9.97 Å². The topological polar surface area (TPSA) is 41.1 Å². The second-order valence-electron chi connectivity index (χ2n) is 6.19. The van der Waals surface area contributed by atoms with Crippen LogP contribution in [0.1, 0.15) is 63.3 Å². The molecule has 0 unspecified atom stereocenters. The van der Waals surface area contributed by atoms with Crippen LogP contribution in [0.4, 0.5) is 11.6 Å². The van der Waals surface area contributed by atoms with E-state index < -0.39 is 0 Å². The summed E-state index contributed by atoms with van der Waals surface area (Å²) in [6.45, 7) is 6.41. The average Bonchev–Trinajstić information content (AvgIpc) is 2.47. The van der Waals surface area contributed by atoms with E-state index in [4.69, 9.17) is 4.98 Å². The number of hydrogen-bond acceptors (Lipinski definition) is 4. The zero-order valence-corrected chi connectivity index (χ0v) is 13.5. The first-order valence-corrected chi connectivity index (χ1v) is 7.83. The molecule has 1 aromatic heterocycles. The van der Waals surface area contributed by atoms with E-state index in [2.05, 4.69) is 43.0 Å². The van der Waals surface area contributed by atoms with Gasteiger partial charge in [-0.2, -0.15) is 0 Å². The molecule has 2 rings (SSSR count). The molecule has 20 heavy (non-hydrogen) atoms. The van der Waals surface area contributed by atoms with Crippen LogP contribution >= 0.6 is 0 Å². The monoisotopic (exact) mass is 276 g/mol. The van der Waals surface area contributed by atoms with Crippen LogP contribution in [0.15, 0.2) is 0 Å². The Balaban J connectivity index is 2.35. The van der Waals surface area contributed by atoms with Gasteiger partial charge >= 0.3 is 0 Å². The van der Waals surface area contributed by atoms with Gasteiger partial charge < -0.3 is 10.2 Å². The average molecular weight is 276 g/mol. The van der Waals surface area contributed by atoms with E-state index in [0.29, 0.717) is 12.0 Å². The smallest absolute Gasteiger partial charge is 0.137 e. The predicted molar refractivity (Wildman–Crippen MR) is 85.7 cm³/mol. The summed E-state index contributed by atoms with van der Waals surface area (Å²) in [5.74, 6) is 3.33. The number of hydrogen-bond donors (Lipinski definition) is 1. The second-order valence-corrected chi connectivity index (χ2v) is 6.19. The lowest BCUT2D eigenvalue weighted by atomic mass is 9.94. The lowest BCUT2D eigenvalue weighted by Gasteiger charge is -2.33. The van der Waals surface area contributed by atoms with E-state index in [1.807, 2.05) is 7.05 Å². The summed E-state index contributed by atoms with van der Waals surface area (Å²) < 4.78 is 0. The van der Waals surface area contributed by atoms with Gasteiger partial charge in [0.1, 0.15) is 17.5 Å². The molecule has 1 heterocycles. The van der Waals surface area contributed by atoms with Gasteiger partial charge in [0.25, 0.3) is 0 Å². The Morgan fingerprint density at radius 1 is 1.15 bits per heavy atom. The minimum Gasteiger partial charge on any atom is -0.373 e. The summed E-state index contributed by atoms with van der Waals surface area (Å²) in [6, 6.07) is 0.627. The standard InChI is InChI=1S/C16H28N4/c1-11(2)14-18-15(17-4)12(3)16(19-14)20(5)13-9-7-6-8-10-13/h11,13H,6-10H2,1-5H3,(H,17,18,19). The van der Waals surface area contributed by atoms with E-state index in [9.17, 15) is 0 Å². The molecule has 4 nitrogen and oxygen atoms in total. The van der Waals surface area contributed by atoms with E-state index in [1.165, 1.54) is 32.1 Å². The van der Waals surface area contributed by atoms with Crippen molar-refractivity contribution in [1.29, 1.82) is 0 Å². The van der Waals surface area contributed by atoms with Crippen LogP contribution in [-0.4, -0.2) is 30.1 Å². The van der Waals surface area contributed by atoms with Gasteiger partial charge in [0.15, 0.2) is 0 Å². The summed E-state index contributed by atoms with van der Waals surface area (Å²) in [4.78, 5) is 11.8. The zero-order valence-electron chi connectivity index (χ0n) is 13.5. The summed E-state index contributed by atoms with van der Waals surface area (Å²) >= 11 is 0. The van der Waals surface area contributed by atoms with Crippen molar-refractivity contribution in [3.63, 3.8) is 0 Å². The number of rotatable bonds is 4. The largest absolute Gasteiger partial charge is 0.373 e. The van der Waals surface area contributed by atoms with Crippen LogP contribution in [-0.2, 0) is 0 Å². The quantitative estimate of drug-likeness (QED) is 0.910. The minimum absolute atomic E-state index is 0.348. The fourth-order valence-electron chi connectivity index (χ4n) is 3.01. The van der Waals surface area contributed by atoms with Gasteiger partial charge in [-0.1, -0.05) is 33.1 Å². The molecule has 0 radical (unpaired) electrons. The van der Waals surface area contributed by atoms with E-state index >= 15 is 0 Å². The molecule has 0 atom stereocenters. The van der Waals surface area contributed by atoms with Crippen molar-refractivity contribution >= 4 is 11.6 Å². The van der Waals surface area contributed by atoms with Gasteiger partial charge in [0.2, 0.25) is 0 Å². The zero-order chi connectivity index (χ0) is 14.7. The molecule has 0 bridgehead atoms. The third-order valence-electron chi connectivity index (χ3n) is 4.35. The highest BCUT2D eigenvalue weighted by Gasteiger charge is 2.22. The van der Waals surface area contributed by atoms with E-state index in [0.717, 1.165) is 23.0 Å². The first kappa shape index (κ1) is 15.1. The third kappa shape index (κ3) is 3.05. The van der Waals surface area contributed by atoms with Crippen LogP contribution in [0.2, 0.25) is 0 Å². The Labute approximate surface area is 123 Å². The first-order chi connectivity index (χ1) is 9.54. The SMILES string of the molecule is CNc1nc(C(C)C)nc(N(C)C2CCCCC2)c1C. The van der Waals surface area contributed by atoms with Gasteiger partial charge in [-0.3, -0.25) is 0 Å². The second kappa shape index (κ2) is 6.42. The van der Waals surface area contributed by atoms with Gasteiger partial charge in [0.05, 0.1) is 0 Å². The molecule has 112 valence electrons. The normalized spacial score (nSPS) is 16.5. The van der Waals surface area contributed by atoms with Gasteiger partial charge in [-0.05, 0) is 19.8 Å². The molecule has 4 heteroatoms. The highest BCUT2D eigenvalue weighted by atomic mass is 15.2. The van der Waals surface area contributed by atoms with E-state index in [1.54, 1.807) is 0 Å². The molecular formula is C16H28N4. The Morgan fingerprint density at radius 3 is 2.35 bits per heavy atom. The van der Waals surface area contributed by atoms with Gasteiger partial charge in [0, 0.05) is 31.6 Å². The van der Waals surface area contributed by atoms with Gasteiger partial charge in [-0.15, -0.1) is 0 Å². The molecule has 1 N–H and O–H groups in total. The van der Waals surface area contributed by atoms with Crippen LogP contribution in [0, 0.1) is 6.92 Å². The molecular weight excluding hydrogens is 248 g/mol. The van der Waals surface area contributed by atoms with Crippen LogP contribution in [0.3, 0.4) is 0 Å².